The molecular formula is C13H20N6O. The summed E-state index contributed by atoms with van der Waals surface area (Å²) in [5.41, 5.74) is 0.362. The van der Waals surface area contributed by atoms with Crippen LogP contribution < -0.4 is 15.9 Å². The minimum Gasteiger partial charge on any atom is -0.352 e. The average molecular weight is 276 g/mol. The van der Waals surface area contributed by atoms with Crippen molar-refractivity contribution in [2.75, 3.05) is 18.0 Å². The smallest absolute Gasteiger partial charge is 0.348 e. The van der Waals surface area contributed by atoms with Gasteiger partial charge in [0.2, 0.25) is 0 Å². The predicted octanol–water partition coefficient (Wildman–Crippen LogP) is 0.384. The molecule has 0 radical (unpaired) electrons. The second kappa shape index (κ2) is 5.24. The highest BCUT2D eigenvalue weighted by molar-refractivity contribution is 5.51. The molecule has 3 rings (SSSR count). The Balaban J connectivity index is 1.83. The van der Waals surface area contributed by atoms with Crippen molar-refractivity contribution < 1.29 is 0 Å². The van der Waals surface area contributed by atoms with Crippen molar-refractivity contribution in [2.24, 2.45) is 0 Å². The van der Waals surface area contributed by atoms with E-state index in [1.807, 2.05) is 6.07 Å². The van der Waals surface area contributed by atoms with E-state index in [4.69, 9.17) is 0 Å². The summed E-state index contributed by atoms with van der Waals surface area (Å²) in [6.07, 6.45) is 3.88. The number of rotatable bonds is 4. The van der Waals surface area contributed by atoms with E-state index in [0.717, 1.165) is 18.9 Å². The van der Waals surface area contributed by atoms with Gasteiger partial charge in [0.05, 0.1) is 0 Å². The van der Waals surface area contributed by atoms with Crippen LogP contribution in [0.15, 0.2) is 17.2 Å². The molecule has 7 nitrogen and oxygen atoms in total. The maximum Gasteiger partial charge on any atom is 0.348 e. The molecule has 1 saturated heterocycles. The Bertz CT molecular complexity index is 646. The van der Waals surface area contributed by atoms with Crippen LogP contribution in [0.25, 0.3) is 5.65 Å². The zero-order chi connectivity index (χ0) is 14.1. The van der Waals surface area contributed by atoms with E-state index in [1.54, 1.807) is 6.33 Å². The molecule has 0 aliphatic carbocycles. The van der Waals surface area contributed by atoms with Gasteiger partial charge in [-0.2, -0.15) is 5.10 Å². The molecule has 1 atom stereocenters. The summed E-state index contributed by atoms with van der Waals surface area (Å²) in [7, 11) is 0. The molecule has 108 valence electrons. The maximum absolute atomic E-state index is 11.4. The molecule has 1 aliphatic heterocycles. The van der Waals surface area contributed by atoms with Gasteiger partial charge >= 0.3 is 5.69 Å². The van der Waals surface area contributed by atoms with Gasteiger partial charge in [-0.25, -0.2) is 19.3 Å². The molecule has 0 saturated carbocycles. The van der Waals surface area contributed by atoms with Crippen LogP contribution in [-0.2, 0) is 0 Å². The first-order valence-electron chi connectivity index (χ1n) is 7.08. The molecule has 2 N–H and O–H groups in total. The Morgan fingerprint density at radius 2 is 2.40 bits per heavy atom. The average Bonchev–Trinajstić information content (AvgIpc) is 3.03. The quantitative estimate of drug-likeness (QED) is 0.844. The fourth-order valence-electron chi connectivity index (χ4n) is 2.68. The van der Waals surface area contributed by atoms with Crippen molar-refractivity contribution >= 4 is 11.5 Å². The molecule has 1 aliphatic rings. The largest absolute Gasteiger partial charge is 0.352 e. The monoisotopic (exact) mass is 276 g/mol. The van der Waals surface area contributed by atoms with E-state index < -0.39 is 0 Å². The molecule has 1 unspecified atom stereocenters. The van der Waals surface area contributed by atoms with Crippen molar-refractivity contribution in [3.8, 4) is 0 Å². The van der Waals surface area contributed by atoms with Crippen LogP contribution in [0.3, 0.4) is 0 Å². The second-order valence-electron chi connectivity index (χ2n) is 5.56. The zero-order valence-corrected chi connectivity index (χ0v) is 11.8. The lowest BCUT2D eigenvalue weighted by Gasteiger charge is -2.26. The summed E-state index contributed by atoms with van der Waals surface area (Å²) in [5.74, 6) is 0.893. The number of anilines is 1. The molecule has 1 fully saturated rings. The van der Waals surface area contributed by atoms with Gasteiger partial charge in [0, 0.05) is 31.2 Å². The first-order chi connectivity index (χ1) is 9.65. The molecule has 20 heavy (non-hydrogen) atoms. The lowest BCUT2D eigenvalue weighted by atomic mass is 10.2. The SMILES string of the molecule is CC(C)NCC1CCCN1c1cc2n[nH]c(=O)n2cn1. The number of nitrogens with zero attached hydrogens (tertiary/aromatic N) is 4. The highest BCUT2D eigenvalue weighted by atomic mass is 16.1. The van der Waals surface area contributed by atoms with E-state index in [2.05, 4.69) is 39.2 Å². The fourth-order valence-corrected chi connectivity index (χ4v) is 2.68. The zero-order valence-electron chi connectivity index (χ0n) is 11.8. The number of hydrogen-bond donors (Lipinski definition) is 2. The van der Waals surface area contributed by atoms with Crippen LogP contribution in [-0.4, -0.2) is 44.8 Å². The first kappa shape index (κ1) is 13.1. The molecule has 0 spiro atoms. The van der Waals surface area contributed by atoms with Gasteiger partial charge in [-0.05, 0) is 12.8 Å². The van der Waals surface area contributed by atoms with Gasteiger partial charge in [-0.3, -0.25) is 0 Å². The summed E-state index contributed by atoms with van der Waals surface area (Å²) in [6.45, 7) is 6.26. The van der Waals surface area contributed by atoms with Crippen LogP contribution >= 0.6 is 0 Å². The van der Waals surface area contributed by atoms with Crippen LogP contribution in [0, 0.1) is 0 Å². The van der Waals surface area contributed by atoms with E-state index >= 15 is 0 Å². The molecule has 2 aromatic rings. The van der Waals surface area contributed by atoms with E-state index in [-0.39, 0.29) is 5.69 Å². The highest BCUT2D eigenvalue weighted by Crippen LogP contribution is 2.23. The molecule has 7 heteroatoms. The number of hydrogen-bond acceptors (Lipinski definition) is 5. The minimum atomic E-state index is -0.251. The summed E-state index contributed by atoms with van der Waals surface area (Å²) < 4.78 is 1.42. The summed E-state index contributed by atoms with van der Waals surface area (Å²) >= 11 is 0. The second-order valence-corrected chi connectivity index (χ2v) is 5.56. The first-order valence-corrected chi connectivity index (χ1v) is 7.08. The normalized spacial score (nSPS) is 19.4. The Morgan fingerprint density at radius 3 is 3.20 bits per heavy atom. The third-order valence-corrected chi connectivity index (χ3v) is 3.73. The van der Waals surface area contributed by atoms with Crippen LogP contribution in [0.1, 0.15) is 26.7 Å². The molecule has 0 bridgehead atoms. The Labute approximate surface area is 117 Å². The van der Waals surface area contributed by atoms with Crippen LogP contribution in [0.2, 0.25) is 0 Å². The molecule has 3 heterocycles. The standard InChI is InChI=1S/C13H20N6O/c1-9(2)14-7-10-4-3-5-18(10)11-6-12-16-17-13(20)19(12)8-15-11/h6,8-10,14H,3-5,7H2,1-2H3,(H,17,20). The number of H-pyrrole nitrogens is 1. The van der Waals surface area contributed by atoms with Crippen molar-refractivity contribution in [1.29, 1.82) is 0 Å². The van der Waals surface area contributed by atoms with Gasteiger partial charge in [0.15, 0.2) is 5.65 Å². The lowest BCUT2D eigenvalue weighted by Crippen LogP contribution is -2.40. The number of fused-ring (bicyclic) bond motifs is 1. The topological polar surface area (TPSA) is 78.3 Å². The Kier molecular flexibility index (Phi) is 3.43. The third kappa shape index (κ3) is 2.40. The number of aromatic amines is 1. The van der Waals surface area contributed by atoms with Gasteiger partial charge in [0.1, 0.15) is 12.1 Å². The lowest BCUT2D eigenvalue weighted by molar-refractivity contribution is 0.522. The summed E-state index contributed by atoms with van der Waals surface area (Å²) in [4.78, 5) is 18.1. The Morgan fingerprint density at radius 1 is 1.55 bits per heavy atom. The van der Waals surface area contributed by atoms with Crippen molar-refractivity contribution in [3.63, 3.8) is 0 Å². The molecule has 0 aromatic carbocycles. The minimum absolute atomic E-state index is 0.251. The Hall–Kier alpha value is -1.89. The van der Waals surface area contributed by atoms with E-state index in [9.17, 15) is 4.79 Å². The van der Waals surface area contributed by atoms with Crippen LogP contribution in [0.5, 0.6) is 0 Å². The number of aromatic nitrogens is 4. The molecular weight excluding hydrogens is 256 g/mol. The highest BCUT2D eigenvalue weighted by Gasteiger charge is 2.25. The van der Waals surface area contributed by atoms with Crippen molar-refractivity contribution in [2.45, 2.75) is 38.8 Å². The van der Waals surface area contributed by atoms with Gasteiger partial charge in [0.25, 0.3) is 0 Å². The molecule has 2 aromatic heterocycles. The third-order valence-electron chi connectivity index (χ3n) is 3.73. The van der Waals surface area contributed by atoms with Gasteiger partial charge < -0.3 is 10.2 Å². The molecule has 0 amide bonds. The van der Waals surface area contributed by atoms with E-state index in [1.165, 1.54) is 17.2 Å². The fraction of sp³-hybridized carbons (Fsp3) is 0.615. The van der Waals surface area contributed by atoms with Gasteiger partial charge in [-0.15, -0.1) is 0 Å². The maximum atomic E-state index is 11.4. The van der Waals surface area contributed by atoms with Crippen molar-refractivity contribution in [1.82, 2.24) is 24.9 Å². The predicted molar refractivity (Wildman–Crippen MR) is 77.1 cm³/mol. The van der Waals surface area contributed by atoms with Crippen molar-refractivity contribution in [3.05, 3.63) is 22.9 Å². The summed E-state index contributed by atoms with van der Waals surface area (Å²) in [5, 5.41) is 9.91. The number of nitrogens with one attached hydrogen (secondary N) is 2. The van der Waals surface area contributed by atoms with E-state index in [0.29, 0.717) is 17.7 Å². The summed E-state index contributed by atoms with van der Waals surface area (Å²) in [6, 6.07) is 2.81. The van der Waals surface area contributed by atoms with Gasteiger partial charge in [-0.1, -0.05) is 13.8 Å². The van der Waals surface area contributed by atoms with Crippen LogP contribution in [0.4, 0.5) is 5.82 Å².